The molecule has 0 radical (unpaired) electrons. The quantitative estimate of drug-likeness (QED) is 0.747. The van der Waals surface area contributed by atoms with E-state index in [-0.39, 0.29) is 0 Å². The van der Waals surface area contributed by atoms with Crippen LogP contribution >= 0.6 is 0 Å². The average molecular weight is 193 g/mol. The van der Waals surface area contributed by atoms with Crippen molar-refractivity contribution >= 4 is 0 Å². The minimum Gasteiger partial charge on any atom is -0.364 e. The minimum atomic E-state index is 0.419. The van der Waals surface area contributed by atoms with Gasteiger partial charge >= 0.3 is 0 Å². The smallest absolute Gasteiger partial charge is 0.0470 e. The van der Waals surface area contributed by atoms with Gasteiger partial charge in [-0.1, -0.05) is 0 Å². The number of nitrogens with zero attached hydrogens (tertiary/aromatic N) is 1. The van der Waals surface area contributed by atoms with Crippen molar-refractivity contribution in [1.82, 2.24) is 9.88 Å². The Morgan fingerprint density at radius 2 is 2.21 bits per heavy atom. The number of H-pyrrole nitrogens is 1. The van der Waals surface area contributed by atoms with E-state index in [0.29, 0.717) is 12.1 Å². The summed E-state index contributed by atoms with van der Waals surface area (Å²) in [6, 6.07) is 5.13. The number of aromatic amines is 1. The lowest BCUT2D eigenvalue weighted by Crippen LogP contribution is -2.40. The predicted molar refractivity (Wildman–Crippen MR) is 58.0 cm³/mol. The minimum absolute atomic E-state index is 0.419. The van der Waals surface area contributed by atoms with Gasteiger partial charge in [-0.2, -0.15) is 0 Å². The van der Waals surface area contributed by atoms with Gasteiger partial charge in [0.2, 0.25) is 0 Å². The molecule has 1 aliphatic rings. The molecule has 1 aromatic heterocycles. The van der Waals surface area contributed by atoms with Crippen LogP contribution in [-0.2, 0) is 0 Å². The van der Waals surface area contributed by atoms with Crippen molar-refractivity contribution in [3.05, 3.63) is 24.0 Å². The number of rotatable bonds is 2. The topological polar surface area (TPSA) is 45.0 Å². The summed E-state index contributed by atoms with van der Waals surface area (Å²) in [7, 11) is 0. The van der Waals surface area contributed by atoms with E-state index >= 15 is 0 Å². The van der Waals surface area contributed by atoms with E-state index in [1.807, 2.05) is 6.20 Å². The molecule has 1 saturated heterocycles. The first-order chi connectivity index (χ1) is 6.77. The Labute approximate surface area is 85.3 Å². The molecule has 3 heteroatoms. The van der Waals surface area contributed by atoms with Gasteiger partial charge in [-0.25, -0.2) is 0 Å². The van der Waals surface area contributed by atoms with Crippen molar-refractivity contribution in [3.63, 3.8) is 0 Å². The second-order valence-corrected chi connectivity index (χ2v) is 4.17. The summed E-state index contributed by atoms with van der Waals surface area (Å²) in [6.45, 7) is 4.51. The number of likely N-dealkylation sites (tertiary alicyclic amines) is 1. The highest BCUT2D eigenvalue weighted by molar-refractivity contribution is 5.08. The number of hydrogen-bond acceptors (Lipinski definition) is 2. The Hall–Kier alpha value is -0.800. The maximum Gasteiger partial charge on any atom is 0.0470 e. The summed E-state index contributed by atoms with van der Waals surface area (Å²) in [5.74, 6) is 0. The summed E-state index contributed by atoms with van der Waals surface area (Å²) in [5.41, 5.74) is 7.19. The van der Waals surface area contributed by atoms with E-state index in [4.69, 9.17) is 5.73 Å². The molecule has 3 N–H and O–H groups in total. The van der Waals surface area contributed by atoms with Crippen molar-refractivity contribution in [3.8, 4) is 0 Å². The highest BCUT2D eigenvalue weighted by atomic mass is 15.2. The van der Waals surface area contributed by atoms with Crippen LogP contribution in [0, 0.1) is 0 Å². The second-order valence-electron chi connectivity index (χ2n) is 4.17. The van der Waals surface area contributed by atoms with Crippen LogP contribution < -0.4 is 5.73 Å². The third-order valence-electron chi connectivity index (χ3n) is 3.19. The van der Waals surface area contributed by atoms with Gasteiger partial charge < -0.3 is 10.7 Å². The third kappa shape index (κ3) is 1.99. The zero-order chi connectivity index (χ0) is 9.97. The summed E-state index contributed by atoms with van der Waals surface area (Å²) in [4.78, 5) is 5.77. The van der Waals surface area contributed by atoms with E-state index < -0.39 is 0 Å². The third-order valence-corrected chi connectivity index (χ3v) is 3.19. The maximum atomic E-state index is 5.88. The number of piperidine rings is 1. The summed E-state index contributed by atoms with van der Waals surface area (Å²) < 4.78 is 0. The first-order valence-corrected chi connectivity index (χ1v) is 5.40. The van der Waals surface area contributed by atoms with Gasteiger partial charge in [-0.3, -0.25) is 4.90 Å². The Morgan fingerprint density at radius 1 is 1.50 bits per heavy atom. The fourth-order valence-electron chi connectivity index (χ4n) is 2.11. The zero-order valence-corrected chi connectivity index (χ0v) is 8.74. The van der Waals surface area contributed by atoms with Gasteiger partial charge in [-0.15, -0.1) is 0 Å². The highest BCUT2D eigenvalue weighted by Gasteiger charge is 2.21. The molecule has 1 aliphatic heterocycles. The van der Waals surface area contributed by atoms with E-state index in [1.165, 1.54) is 5.69 Å². The van der Waals surface area contributed by atoms with Crippen LogP contribution in [0.25, 0.3) is 0 Å². The zero-order valence-electron chi connectivity index (χ0n) is 8.74. The molecule has 0 unspecified atom stereocenters. The van der Waals surface area contributed by atoms with Crippen molar-refractivity contribution in [1.29, 1.82) is 0 Å². The highest BCUT2D eigenvalue weighted by Crippen LogP contribution is 2.22. The predicted octanol–water partition coefficient (Wildman–Crippen LogP) is 1.50. The molecule has 78 valence electrons. The monoisotopic (exact) mass is 193 g/mol. The van der Waals surface area contributed by atoms with E-state index in [1.54, 1.807) is 0 Å². The molecule has 1 aromatic rings. The van der Waals surface area contributed by atoms with Crippen LogP contribution in [0.2, 0.25) is 0 Å². The lowest BCUT2D eigenvalue weighted by molar-refractivity contribution is 0.161. The Bertz CT molecular complexity index is 260. The Morgan fingerprint density at radius 3 is 2.79 bits per heavy atom. The van der Waals surface area contributed by atoms with Crippen LogP contribution in [0.1, 0.15) is 31.5 Å². The molecular formula is C11H19N3. The van der Waals surface area contributed by atoms with Crippen molar-refractivity contribution in [2.75, 3.05) is 13.1 Å². The van der Waals surface area contributed by atoms with E-state index in [2.05, 4.69) is 28.9 Å². The molecule has 0 amide bonds. The lowest BCUT2D eigenvalue weighted by atomic mass is 10.0. The number of hydrogen-bond donors (Lipinski definition) is 2. The number of nitrogens with one attached hydrogen (secondary N) is 1. The SMILES string of the molecule is C[C@H](c1ccc[nH]1)N1CCC(N)CC1. The molecule has 2 rings (SSSR count). The van der Waals surface area contributed by atoms with Gasteiger partial charge in [0.25, 0.3) is 0 Å². The number of nitrogens with two attached hydrogens (primary N) is 1. The molecule has 3 nitrogen and oxygen atoms in total. The molecular weight excluding hydrogens is 174 g/mol. The van der Waals surface area contributed by atoms with Crippen LogP contribution in [0.3, 0.4) is 0 Å². The first kappa shape index (κ1) is 9.74. The van der Waals surface area contributed by atoms with Gasteiger partial charge in [0, 0.05) is 37.1 Å². The van der Waals surface area contributed by atoms with Gasteiger partial charge in [0.15, 0.2) is 0 Å². The molecule has 0 aromatic carbocycles. The van der Waals surface area contributed by atoms with Crippen LogP contribution in [0.4, 0.5) is 0 Å². The van der Waals surface area contributed by atoms with Crippen molar-refractivity contribution in [2.24, 2.45) is 5.73 Å². The summed E-state index contributed by atoms with van der Waals surface area (Å²) in [6.07, 6.45) is 4.25. The van der Waals surface area contributed by atoms with Gasteiger partial charge in [0.1, 0.15) is 0 Å². The fraction of sp³-hybridized carbons (Fsp3) is 0.636. The molecule has 2 heterocycles. The molecule has 14 heavy (non-hydrogen) atoms. The molecule has 0 aliphatic carbocycles. The van der Waals surface area contributed by atoms with Crippen LogP contribution in [-0.4, -0.2) is 29.0 Å². The second kappa shape index (κ2) is 4.15. The largest absolute Gasteiger partial charge is 0.364 e. The van der Waals surface area contributed by atoms with Gasteiger partial charge in [0.05, 0.1) is 0 Å². The Balaban J connectivity index is 1.95. The van der Waals surface area contributed by atoms with E-state index in [9.17, 15) is 0 Å². The molecule has 0 spiro atoms. The molecule has 0 saturated carbocycles. The first-order valence-electron chi connectivity index (χ1n) is 5.40. The standard InChI is InChI=1S/C11H19N3/c1-9(11-3-2-6-13-11)14-7-4-10(12)5-8-14/h2-3,6,9-10,13H,4-5,7-8,12H2,1H3/t9-/m1/s1. The van der Waals surface area contributed by atoms with Crippen molar-refractivity contribution < 1.29 is 0 Å². The van der Waals surface area contributed by atoms with E-state index in [0.717, 1.165) is 25.9 Å². The molecule has 1 fully saturated rings. The molecule has 0 bridgehead atoms. The Kier molecular flexibility index (Phi) is 2.89. The lowest BCUT2D eigenvalue weighted by Gasteiger charge is -2.34. The molecule has 1 atom stereocenters. The maximum absolute atomic E-state index is 5.88. The number of aromatic nitrogens is 1. The summed E-state index contributed by atoms with van der Waals surface area (Å²) in [5, 5.41) is 0. The normalized spacial score (nSPS) is 22.4. The van der Waals surface area contributed by atoms with Gasteiger partial charge in [-0.05, 0) is 31.9 Å². The average Bonchev–Trinajstić information content (AvgIpc) is 2.71. The fourth-order valence-corrected chi connectivity index (χ4v) is 2.11. The van der Waals surface area contributed by atoms with Crippen molar-refractivity contribution in [2.45, 2.75) is 31.8 Å². The van der Waals surface area contributed by atoms with Crippen LogP contribution in [0.15, 0.2) is 18.3 Å². The summed E-state index contributed by atoms with van der Waals surface area (Å²) >= 11 is 0. The van der Waals surface area contributed by atoms with Crippen LogP contribution in [0.5, 0.6) is 0 Å².